The molecule has 1 aliphatic rings. The molecule has 4 N–H and O–H groups in total. The van der Waals surface area contributed by atoms with Crippen molar-refractivity contribution in [2.45, 2.75) is 33.1 Å². The predicted molar refractivity (Wildman–Crippen MR) is 86.4 cm³/mol. The van der Waals surface area contributed by atoms with Gasteiger partial charge in [-0.3, -0.25) is 9.79 Å². The Morgan fingerprint density at radius 2 is 2.05 bits per heavy atom. The van der Waals surface area contributed by atoms with E-state index >= 15 is 0 Å². The fraction of sp³-hybridized carbons (Fsp3) is 0.500. The Kier molecular flexibility index (Phi) is 4.50. The zero-order valence-electron chi connectivity index (χ0n) is 13.0. The maximum Gasteiger partial charge on any atom is 0.227 e. The highest BCUT2D eigenvalue weighted by Gasteiger charge is 2.26. The van der Waals surface area contributed by atoms with Crippen LogP contribution in [0, 0.1) is 5.41 Å². The van der Waals surface area contributed by atoms with Crippen LogP contribution < -0.4 is 16.4 Å². The summed E-state index contributed by atoms with van der Waals surface area (Å²) in [4.78, 5) is 16.0. The zero-order chi connectivity index (χ0) is 15.5. The minimum Gasteiger partial charge on any atom is -0.370 e. The molecular formula is C16H24N4O. The fourth-order valence-electron chi connectivity index (χ4n) is 2.53. The van der Waals surface area contributed by atoms with Crippen molar-refractivity contribution in [2.24, 2.45) is 16.1 Å². The van der Waals surface area contributed by atoms with Gasteiger partial charge in [0.25, 0.3) is 0 Å². The van der Waals surface area contributed by atoms with Crippen LogP contribution in [-0.2, 0) is 17.6 Å². The van der Waals surface area contributed by atoms with E-state index in [-0.39, 0.29) is 5.91 Å². The van der Waals surface area contributed by atoms with Crippen LogP contribution in [0.1, 0.15) is 31.4 Å². The number of amides is 1. The SMILES string of the molecule is CNC(=O)C(C)(C)CN=C(N)Nc1ccc2c(c1)CCC2. The highest BCUT2D eigenvalue weighted by atomic mass is 16.2. The normalized spacial score (nSPS) is 14.7. The summed E-state index contributed by atoms with van der Waals surface area (Å²) in [5.41, 5.74) is 9.10. The standard InChI is InChI=1S/C16H24N4O/c1-16(2,14(21)18-3)10-19-15(17)20-13-8-7-11-5-4-6-12(11)9-13/h7-9H,4-6,10H2,1-3H3,(H,18,21)(H3,17,19,20). The Morgan fingerprint density at radius 3 is 2.76 bits per heavy atom. The summed E-state index contributed by atoms with van der Waals surface area (Å²) in [7, 11) is 1.62. The first-order chi connectivity index (χ1) is 9.92. The van der Waals surface area contributed by atoms with Gasteiger partial charge in [-0.25, -0.2) is 0 Å². The Labute approximate surface area is 126 Å². The van der Waals surface area contributed by atoms with Crippen LogP contribution in [0.4, 0.5) is 5.69 Å². The molecule has 0 aliphatic heterocycles. The fourth-order valence-corrected chi connectivity index (χ4v) is 2.53. The molecular weight excluding hydrogens is 264 g/mol. The molecule has 0 spiro atoms. The average Bonchev–Trinajstić information content (AvgIpc) is 2.92. The first-order valence-corrected chi connectivity index (χ1v) is 7.33. The van der Waals surface area contributed by atoms with Crippen molar-refractivity contribution in [3.63, 3.8) is 0 Å². The van der Waals surface area contributed by atoms with Gasteiger partial charge in [-0.2, -0.15) is 0 Å². The van der Waals surface area contributed by atoms with Crippen molar-refractivity contribution in [2.75, 3.05) is 18.9 Å². The summed E-state index contributed by atoms with van der Waals surface area (Å²) in [6, 6.07) is 6.30. The van der Waals surface area contributed by atoms with Crippen molar-refractivity contribution in [1.82, 2.24) is 5.32 Å². The summed E-state index contributed by atoms with van der Waals surface area (Å²) < 4.78 is 0. The maximum atomic E-state index is 11.7. The topological polar surface area (TPSA) is 79.5 Å². The van der Waals surface area contributed by atoms with Gasteiger partial charge in [0, 0.05) is 12.7 Å². The number of benzene rings is 1. The van der Waals surface area contributed by atoms with Gasteiger partial charge in [0.05, 0.1) is 12.0 Å². The third-order valence-corrected chi connectivity index (χ3v) is 3.86. The molecule has 114 valence electrons. The third kappa shape index (κ3) is 3.74. The van der Waals surface area contributed by atoms with Crippen LogP contribution in [-0.4, -0.2) is 25.5 Å². The molecule has 0 aromatic heterocycles. The molecule has 0 saturated heterocycles. The Balaban J connectivity index is 1.99. The van der Waals surface area contributed by atoms with Crippen molar-refractivity contribution in [3.8, 4) is 0 Å². The van der Waals surface area contributed by atoms with E-state index in [1.165, 1.54) is 24.0 Å². The molecule has 0 fully saturated rings. The molecule has 0 atom stereocenters. The van der Waals surface area contributed by atoms with Crippen molar-refractivity contribution < 1.29 is 4.79 Å². The van der Waals surface area contributed by atoms with Gasteiger partial charge < -0.3 is 16.4 Å². The van der Waals surface area contributed by atoms with Gasteiger partial charge in [0.2, 0.25) is 5.91 Å². The molecule has 1 amide bonds. The number of carbonyl (C=O) groups excluding carboxylic acids is 1. The number of nitrogens with zero attached hydrogens (tertiary/aromatic N) is 1. The lowest BCUT2D eigenvalue weighted by Crippen LogP contribution is -2.37. The van der Waals surface area contributed by atoms with Crippen LogP contribution in [0.15, 0.2) is 23.2 Å². The van der Waals surface area contributed by atoms with E-state index in [2.05, 4.69) is 27.8 Å². The van der Waals surface area contributed by atoms with E-state index in [0.717, 1.165) is 12.1 Å². The molecule has 1 aromatic rings. The molecule has 5 heteroatoms. The summed E-state index contributed by atoms with van der Waals surface area (Å²) in [5.74, 6) is 0.293. The second kappa shape index (κ2) is 6.16. The summed E-state index contributed by atoms with van der Waals surface area (Å²) >= 11 is 0. The Morgan fingerprint density at radius 1 is 1.33 bits per heavy atom. The largest absolute Gasteiger partial charge is 0.370 e. The van der Waals surface area contributed by atoms with Gasteiger partial charge in [-0.15, -0.1) is 0 Å². The van der Waals surface area contributed by atoms with Crippen LogP contribution in [0.25, 0.3) is 0 Å². The van der Waals surface area contributed by atoms with Crippen LogP contribution >= 0.6 is 0 Å². The Hall–Kier alpha value is -2.04. The van der Waals surface area contributed by atoms with Crippen molar-refractivity contribution in [1.29, 1.82) is 0 Å². The quantitative estimate of drug-likeness (QED) is 0.582. The summed E-state index contributed by atoms with van der Waals surface area (Å²) in [6.07, 6.45) is 3.52. The number of hydrogen-bond donors (Lipinski definition) is 3. The molecule has 0 heterocycles. The predicted octanol–water partition coefficient (Wildman–Crippen LogP) is 1.67. The van der Waals surface area contributed by atoms with Crippen LogP contribution in [0.2, 0.25) is 0 Å². The lowest BCUT2D eigenvalue weighted by atomic mass is 9.93. The smallest absolute Gasteiger partial charge is 0.227 e. The Bertz CT molecular complexity index is 563. The number of hydrogen-bond acceptors (Lipinski definition) is 2. The molecule has 0 unspecified atom stereocenters. The lowest BCUT2D eigenvalue weighted by molar-refractivity contribution is -0.128. The molecule has 5 nitrogen and oxygen atoms in total. The molecule has 21 heavy (non-hydrogen) atoms. The van der Waals surface area contributed by atoms with Gasteiger partial charge in [0.15, 0.2) is 5.96 Å². The molecule has 2 rings (SSSR count). The number of nitrogens with two attached hydrogens (primary N) is 1. The molecule has 1 aromatic carbocycles. The molecule has 1 aliphatic carbocycles. The van der Waals surface area contributed by atoms with E-state index < -0.39 is 5.41 Å². The first kappa shape index (κ1) is 15.4. The molecule has 0 radical (unpaired) electrons. The first-order valence-electron chi connectivity index (χ1n) is 7.33. The number of carbonyl (C=O) groups is 1. The van der Waals surface area contributed by atoms with E-state index in [0.29, 0.717) is 12.5 Å². The number of aryl methyl sites for hydroxylation is 2. The minimum atomic E-state index is -0.570. The zero-order valence-corrected chi connectivity index (χ0v) is 13.0. The van der Waals surface area contributed by atoms with Crippen molar-refractivity contribution >= 4 is 17.6 Å². The minimum absolute atomic E-state index is 0.0448. The second-order valence-electron chi connectivity index (χ2n) is 6.13. The van der Waals surface area contributed by atoms with Crippen molar-refractivity contribution in [3.05, 3.63) is 29.3 Å². The lowest BCUT2D eigenvalue weighted by Gasteiger charge is -2.20. The van der Waals surface area contributed by atoms with Crippen LogP contribution in [0.5, 0.6) is 0 Å². The van der Waals surface area contributed by atoms with E-state index in [1.54, 1.807) is 7.05 Å². The number of nitrogens with one attached hydrogen (secondary N) is 2. The number of anilines is 1. The van der Waals surface area contributed by atoms with Gasteiger partial charge >= 0.3 is 0 Å². The van der Waals surface area contributed by atoms with Crippen LogP contribution in [0.3, 0.4) is 0 Å². The summed E-state index contributed by atoms with van der Waals surface area (Å²) in [6.45, 7) is 4.03. The molecule has 0 bridgehead atoms. The number of fused-ring (bicyclic) bond motifs is 1. The van der Waals surface area contributed by atoms with Gasteiger partial charge in [-0.1, -0.05) is 6.07 Å². The third-order valence-electron chi connectivity index (χ3n) is 3.86. The second-order valence-corrected chi connectivity index (χ2v) is 6.13. The highest BCUT2D eigenvalue weighted by molar-refractivity contribution is 5.92. The van der Waals surface area contributed by atoms with E-state index in [4.69, 9.17) is 5.73 Å². The molecule has 0 saturated carbocycles. The highest BCUT2D eigenvalue weighted by Crippen LogP contribution is 2.24. The number of aliphatic imine (C=N–C) groups is 1. The number of guanidine groups is 1. The van der Waals surface area contributed by atoms with E-state index in [1.807, 2.05) is 19.9 Å². The summed E-state index contributed by atoms with van der Waals surface area (Å²) in [5, 5.41) is 5.73. The monoisotopic (exact) mass is 288 g/mol. The van der Waals surface area contributed by atoms with Gasteiger partial charge in [-0.05, 0) is 56.4 Å². The maximum absolute atomic E-state index is 11.7. The van der Waals surface area contributed by atoms with E-state index in [9.17, 15) is 4.79 Å². The average molecular weight is 288 g/mol. The van der Waals surface area contributed by atoms with Gasteiger partial charge in [0.1, 0.15) is 0 Å². The number of rotatable bonds is 4.